The van der Waals surface area contributed by atoms with Crippen LogP contribution in [0.3, 0.4) is 0 Å². The lowest BCUT2D eigenvalue weighted by Crippen LogP contribution is -2.19. The molecule has 0 spiro atoms. The van der Waals surface area contributed by atoms with E-state index < -0.39 is 9.84 Å². The molecule has 0 amide bonds. The van der Waals surface area contributed by atoms with Gasteiger partial charge in [0.05, 0.1) is 5.75 Å². The molecule has 0 aliphatic heterocycles. The van der Waals surface area contributed by atoms with Gasteiger partial charge in [0.1, 0.15) is 15.6 Å². The van der Waals surface area contributed by atoms with Crippen LogP contribution in [0.15, 0.2) is 0 Å². The molecule has 0 radical (unpaired) electrons. The van der Waals surface area contributed by atoms with Crippen molar-refractivity contribution in [2.24, 2.45) is 5.92 Å². The van der Waals surface area contributed by atoms with Crippen molar-refractivity contribution >= 4 is 15.6 Å². The highest BCUT2D eigenvalue weighted by atomic mass is 32.2. The Morgan fingerprint density at radius 1 is 1.19 bits per heavy atom. The number of Topliss-reactive ketones (excluding diaryl/α,β-unsaturated/α-hetero) is 1. The van der Waals surface area contributed by atoms with Crippen LogP contribution in [0.4, 0.5) is 0 Å². The van der Waals surface area contributed by atoms with Crippen LogP contribution in [0.2, 0.25) is 0 Å². The summed E-state index contributed by atoms with van der Waals surface area (Å²) in [4.78, 5) is 11.7. The Morgan fingerprint density at radius 2 is 1.94 bits per heavy atom. The fourth-order valence-electron chi connectivity index (χ4n) is 2.27. The van der Waals surface area contributed by atoms with Gasteiger partial charge < -0.3 is 0 Å². The van der Waals surface area contributed by atoms with Gasteiger partial charge in [-0.1, -0.05) is 19.8 Å². The van der Waals surface area contributed by atoms with Gasteiger partial charge in [-0.25, -0.2) is 8.42 Å². The molecule has 4 heteroatoms. The normalized spacial score (nSPS) is 23.1. The molecule has 0 aromatic carbocycles. The van der Waals surface area contributed by atoms with Gasteiger partial charge in [0.15, 0.2) is 0 Å². The van der Waals surface area contributed by atoms with Gasteiger partial charge >= 0.3 is 0 Å². The minimum absolute atomic E-state index is 0.00845. The van der Waals surface area contributed by atoms with E-state index in [1.807, 2.05) is 6.92 Å². The molecule has 94 valence electrons. The summed E-state index contributed by atoms with van der Waals surface area (Å²) in [6, 6.07) is 0. The number of rotatable bonds is 5. The van der Waals surface area contributed by atoms with Crippen LogP contribution >= 0.6 is 0 Å². The number of ketones is 1. The van der Waals surface area contributed by atoms with Crippen molar-refractivity contribution in [3.05, 3.63) is 0 Å². The lowest BCUT2D eigenvalue weighted by molar-refractivity contribution is -0.122. The fourth-order valence-corrected chi connectivity index (χ4v) is 3.74. The topological polar surface area (TPSA) is 51.2 Å². The first-order valence-electron chi connectivity index (χ1n) is 6.28. The molecular formula is C12H22O3S. The Labute approximate surface area is 98.5 Å². The van der Waals surface area contributed by atoms with Crippen molar-refractivity contribution in [3.8, 4) is 0 Å². The summed E-state index contributed by atoms with van der Waals surface area (Å²) < 4.78 is 23.1. The monoisotopic (exact) mass is 246 g/mol. The van der Waals surface area contributed by atoms with E-state index in [0.717, 1.165) is 25.7 Å². The maximum absolute atomic E-state index is 11.7. The molecule has 0 aromatic heterocycles. The van der Waals surface area contributed by atoms with Crippen LogP contribution in [0.1, 0.15) is 51.9 Å². The Morgan fingerprint density at radius 3 is 2.62 bits per heavy atom. The third kappa shape index (κ3) is 4.64. The van der Waals surface area contributed by atoms with E-state index >= 15 is 0 Å². The summed E-state index contributed by atoms with van der Waals surface area (Å²) in [7, 11) is -2.92. The van der Waals surface area contributed by atoms with Crippen LogP contribution in [0.25, 0.3) is 0 Å². The van der Waals surface area contributed by atoms with Gasteiger partial charge in [-0.15, -0.1) is 0 Å². The molecule has 1 saturated carbocycles. The maximum Gasteiger partial charge on any atom is 0.150 e. The largest absolute Gasteiger partial charge is 0.299 e. The lowest BCUT2D eigenvalue weighted by atomic mass is 9.96. The van der Waals surface area contributed by atoms with E-state index in [9.17, 15) is 13.2 Å². The van der Waals surface area contributed by atoms with Gasteiger partial charge in [-0.2, -0.15) is 0 Å². The SMILES string of the molecule is CCCS(=O)(=O)CCC1CCCCCC1=O. The number of sulfone groups is 1. The molecule has 3 nitrogen and oxygen atoms in total. The predicted molar refractivity (Wildman–Crippen MR) is 65.1 cm³/mol. The van der Waals surface area contributed by atoms with E-state index in [4.69, 9.17) is 0 Å². The number of carbonyl (C=O) groups excluding carboxylic acids is 1. The highest BCUT2D eigenvalue weighted by molar-refractivity contribution is 7.91. The van der Waals surface area contributed by atoms with E-state index in [1.165, 1.54) is 0 Å². The summed E-state index contributed by atoms with van der Waals surface area (Å²) in [6.07, 6.45) is 5.92. The Kier molecular flexibility index (Phi) is 5.46. The minimum Gasteiger partial charge on any atom is -0.299 e. The Bertz CT molecular complexity index is 319. The van der Waals surface area contributed by atoms with E-state index in [1.54, 1.807) is 0 Å². The second kappa shape index (κ2) is 6.38. The first-order chi connectivity index (χ1) is 7.55. The summed E-state index contributed by atoms with van der Waals surface area (Å²) in [5.41, 5.74) is 0. The van der Waals surface area contributed by atoms with E-state index in [0.29, 0.717) is 19.3 Å². The van der Waals surface area contributed by atoms with Gasteiger partial charge in [0, 0.05) is 18.1 Å². The minimum atomic E-state index is -2.92. The van der Waals surface area contributed by atoms with Gasteiger partial charge in [0.2, 0.25) is 0 Å². The highest BCUT2D eigenvalue weighted by Gasteiger charge is 2.22. The van der Waals surface area contributed by atoms with Crippen LogP contribution in [0, 0.1) is 5.92 Å². The average Bonchev–Trinajstić information content (AvgIpc) is 2.40. The summed E-state index contributed by atoms with van der Waals surface area (Å²) >= 11 is 0. The van der Waals surface area contributed by atoms with Crippen LogP contribution in [-0.4, -0.2) is 25.7 Å². The molecule has 0 bridgehead atoms. The van der Waals surface area contributed by atoms with Gasteiger partial charge in [-0.05, 0) is 25.7 Å². The maximum atomic E-state index is 11.7. The molecule has 1 unspecified atom stereocenters. The standard InChI is InChI=1S/C12H22O3S/c1-2-9-16(14,15)10-8-11-6-4-3-5-7-12(11)13/h11H,2-10H2,1H3. The molecule has 16 heavy (non-hydrogen) atoms. The Balaban J connectivity index is 2.44. The molecule has 1 rings (SSSR count). The van der Waals surface area contributed by atoms with Gasteiger partial charge in [-0.3, -0.25) is 4.79 Å². The zero-order valence-electron chi connectivity index (χ0n) is 10.1. The van der Waals surface area contributed by atoms with Crippen LogP contribution < -0.4 is 0 Å². The summed E-state index contributed by atoms with van der Waals surface area (Å²) in [5.74, 6) is 0.740. The zero-order valence-corrected chi connectivity index (χ0v) is 10.9. The van der Waals surface area contributed by atoms with E-state index in [-0.39, 0.29) is 23.2 Å². The third-order valence-electron chi connectivity index (χ3n) is 3.22. The van der Waals surface area contributed by atoms with Crippen LogP contribution in [-0.2, 0) is 14.6 Å². The Hall–Kier alpha value is -0.380. The average molecular weight is 246 g/mol. The van der Waals surface area contributed by atoms with Crippen LogP contribution in [0.5, 0.6) is 0 Å². The highest BCUT2D eigenvalue weighted by Crippen LogP contribution is 2.23. The molecule has 0 aromatic rings. The molecular weight excluding hydrogens is 224 g/mol. The smallest absolute Gasteiger partial charge is 0.150 e. The molecule has 1 aliphatic rings. The lowest BCUT2D eigenvalue weighted by Gasteiger charge is -2.12. The molecule has 0 N–H and O–H groups in total. The van der Waals surface area contributed by atoms with Crippen molar-refractivity contribution in [3.63, 3.8) is 0 Å². The van der Waals surface area contributed by atoms with Gasteiger partial charge in [0.25, 0.3) is 0 Å². The second-order valence-corrected chi connectivity index (χ2v) is 7.01. The molecule has 0 heterocycles. The summed E-state index contributed by atoms with van der Waals surface area (Å²) in [6.45, 7) is 1.87. The van der Waals surface area contributed by atoms with E-state index in [2.05, 4.69) is 0 Å². The van der Waals surface area contributed by atoms with Crippen molar-refractivity contribution in [2.75, 3.05) is 11.5 Å². The van der Waals surface area contributed by atoms with Crippen molar-refractivity contribution in [1.82, 2.24) is 0 Å². The van der Waals surface area contributed by atoms with Crippen molar-refractivity contribution < 1.29 is 13.2 Å². The molecule has 0 saturated heterocycles. The molecule has 1 atom stereocenters. The molecule has 1 aliphatic carbocycles. The quantitative estimate of drug-likeness (QED) is 0.700. The summed E-state index contributed by atoms with van der Waals surface area (Å²) in [5, 5.41) is 0. The zero-order chi connectivity index (χ0) is 12.0. The third-order valence-corrected chi connectivity index (χ3v) is 5.11. The van der Waals surface area contributed by atoms with Crippen molar-refractivity contribution in [2.45, 2.75) is 51.9 Å². The molecule has 1 fully saturated rings. The number of hydrogen-bond acceptors (Lipinski definition) is 3. The first-order valence-corrected chi connectivity index (χ1v) is 8.10. The number of carbonyl (C=O) groups is 1. The second-order valence-electron chi connectivity index (χ2n) is 4.70. The fraction of sp³-hybridized carbons (Fsp3) is 0.917. The predicted octanol–water partition coefficient (Wildman–Crippen LogP) is 2.35. The van der Waals surface area contributed by atoms with Crippen molar-refractivity contribution in [1.29, 1.82) is 0 Å². The first kappa shape index (κ1) is 13.7. The number of hydrogen-bond donors (Lipinski definition) is 0.